The molecular formula is C17H24FN3O2. The second-order valence-corrected chi connectivity index (χ2v) is 6.21. The molecule has 0 aliphatic heterocycles. The number of carbonyl (C=O) groups excluding carboxylic acids is 2. The van der Waals surface area contributed by atoms with Crippen molar-refractivity contribution in [2.24, 2.45) is 11.8 Å². The maximum atomic E-state index is 12.8. The first-order chi connectivity index (χ1) is 11.0. The van der Waals surface area contributed by atoms with Crippen molar-refractivity contribution in [1.29, 1.82) is 0 Å². The van der Waals surface area contributed by atoms with E-state index in [-0.39, 0.29) is 29.5 Å². The molecule has 0 spiro atoms. The van der Waals surface area contributed by atoms with Crippen LogP contribution in [0.5, 0.6) is 0 Å². The predicted molar refractivity (Wildman–Crippen MR) is 86.3 cm³/mol. The van der Waals surface area contributed by atoms with Crippen molar-refractivity contribution in [2.75, 3.05) is 33.7 Å². The molecule has 5 nitrogen and oxygen atoms in total. The Morgan fingerprint density at radius 1 is 1.09 bits per heavy atom. The molecule has 0 saturated heterocycles. The van der Waals surface area contributed by atoms with Crippen LogP contribution >= 0.6 is 0 Å². The third-order valence-electron chi connectivity index (χ3n) is 3.95. The average Bonchev–Trinajstić information content (AvgIpc) is 3.29. The molecule has 6 heteroatoms. The maximum absolute atomic E-state index is 12.8. The van der Waals surface area contributed by atoms with E-state index in [0.717, 1.165) is 12.1 Å². The van der Waals surface area contributed by atoms with Crippen LogP contribution in [0.3, 0.4) is 0 Å². The molecule has 23 heavy (non-hydrogen) atoms. The zero-order valence-electron chi connectivity index (χ0n) is 13.6. The Balaban J connectivity index is 1.63. The molecule has 1 saturated carbocycles. The van der Waals surface area contributed by atoms with Gasteiger partial charge in [-0.05, 0) is 44.6 Å². The predicted octanol–water partition coefficient (Wildman–Crippen LogP) is 0.798. The number of nitrogens with one attached hydrogen (secondary N) is 2. The van der Waals surface area contributed by atoms with E-state index in [1.807, 2.05) is 19.0 Å². The minimum absolute atomic E-state index is 0.0365. The Morgan fingerprint density at radius 2 is 1.65 bits per heavy atom. The summed E-state index contributed by atoms with van der Waals surface area (Å²) in [5.41, 5.74) is 0.973. The van der Waals surface area contributed by atoms with Crippen LogP contribution in [0.4, 0.5) is 4.39 Å². The number of rotatable bonds is 8. The van der Waals surface area contributed by atoms with Gasteiger partial charge in [0, 0.05) is 19.6 Å². The summed E-state index contributed by atoms with van der Waals surface area (Å²) in [5.74, 6) is -0.769. The van der Waals surface area contributed by atoms with E-state index in [0.29, 0.717) is 25.9 Å². The Kier molecular flexibility index (Phi) is 6.10. The molecule has 2 atom stereocenters. The summed E-state index contributed by atoms with van der Waals surface area (Å²) in [5, 5.41) is 5.70. The van der Waals surface area contributed by atoms with Crippen LogP contribution in [0.1, 0.15) is 12.0 Å². The number of benzene rings is 1. The lowest BCUT2D eigenvalue weighted by Gasteiger charge is -2.10. The molecule has 0 bridgehead atoms. The highest BCUT2D eigenvalue weighted by atomic mass is 19.1. The van der Waals surface area contributed by atoms with Crippen molar-refractivity contribution in [1.82, 2.24) is 15.5 Å². The van der Waals surface area contributed by atoms with Gasteiger partial charge in [0.15, 0.2) is 0 Å². The number of hydrogen-bond acceptors (Lipinski definition) is 3. The standard InChI is InChI=1S/C17H24FN3O2/c1-21(2)10-9-20-17(23)15-11-14(15)16(22)19-8-7-12-3-5-13(18)6-4-12/h3-6,14-15H,7-11H2,1-2H3,(H,19,22)(H,20,23). The first kappa shape index (κ1) is 17.4. The number of nitrogens with zero attached hydrogens (tertiary/aromatic N) is 1. The summed E-state index contributed by atoms with van der Waals surface area (Å²) in [4.78, 5) is 25.9. The summed E-state index contributed by atoms with van der Waals surface area (Å²) >= 11 is 0. The van der Waals surface area contributed by atoms with Gasteiger partial charge in [0.1, 0.15) is 5.82 Å². The molecule has 2 unspecified atom stereocenters. The smallest absolute Gasteiger partial charge is 0.223 e. The van der Waals surface area contributed by atoms with Crippen molar-refractivity contribution in [3.05, 3.63) is 35.6 Å². The van der Waals surface area contributed by atoms with Crippen molar-refractivity contribution in [3.63, 3.8) is 0 Å². The first-order valence-electron chi connectivity index (χ1n) is 7.92. The summed E-state index contributed by atoms with van der Waals surface area (Å²) in [6, 6.07) is 6.23. The molecule has 1 aromatic carbocycles. The van der Waals surface area contributed by atoms with Crippen LogP contribution in [0.15, 0.2) is 24.3 Å². The lowest BCUT2D eigenvalue weighted by molar-refractivity contribution is -0.127. The van der Waals surface area contributed by atoms with Crippen molar-refractivity contribution in [3.8, 4) is 0 Å². The Hall–Kier alpha value is -1.95. The molecule has 1 aliphatic rings. The van der Waals surface area contributed by atoms with Gasteiger partial charge in [-0.1, -0.05) is 12.1 Å². The van der Waals surface area contributed by atoms with Gasteiger partial charge in [0.05, 0.1) is 11.8 Å². The minimum Gasteiger partial charge on any atom is -0.356 e. The van der Waals surface area contributed by atoms with Gasteiger partial charge in [-0.25, -0.2) is 4.39 Å². The third kappa shape index (κ3) is 5.63. The number of amides is 2. The molecular weight excluding hydrogens is 297 g/mol. The van der Waals surface area contributed by atoms with Gasteiger partial charge in [0.25, 0.3) is 0 Å². The minimum atomic E-state index is -0.265. The summed E-state index contributed by atoms with van der Waals surface area (Å²) in [6.07, 6.45) is 1.27. The van der Waals surface area contributed by atoms with Gasteiger partial charge < -0.3 is 15.5 Å². The lowest BCUT2D eigenvalue weighted by Crippen LogP contribution is -2.34. The Labute approximate surface area is 136 Å². The largest absolute Gasteiger partial charge is 0.356 e. The Bertz CT molecular complexity index is 545. The van der Waals surface area contributed by atoms with E-state index in [1.165, 1.54) is 12.1 Å². The Morgan fingerprint density at radius 3 is 2.22 bits per heavy atom. The van der Waals surface area contributed by atoms with Gasteiger partial charge >= 0.3 is 0 Å². The molecule has 1 aliphatic carbocycles. The van der Waals surface area contributed by atoms with Crippen molar-refractivity contribution < 1.29 is 14.0 Å². The fourth-order valence-electron chi connectivity index (χ4n) is 2.42. The SMILES string of the molecule is CN(C)CCNC(=O)C1CC1C(=O)NCCc1ccc(F)cc1. The average molecular weight is 321 g/mol. The molecule has 0 aromatic heterocycles. The first-order valence-corrected chi connectivity index (χ1v) is 7.92. The number of hydrogen-bond donors (Lipinski definition) is 2. The van der Waals surface area contributed by atoms with E-state index in [1.54, 1.807) is 12.1 Å². The van der Waals surface area contributed by atoms with E-state index >= 15 is 0 Å². The molecule has 0 heterocycles. The number of halogens is 1. The van der Waals surface area contributed by atoms with Crippen LogP contribution in [0, 0.1) is 17.7 Å². The molecule has 2 rings (SSSR count). The lowest BCUT2D eigenvalue weighted by atomic mass is 10.1. The summed E-state index contributed by atoms with van der Waals surface area (Å²) in [7, 11) is 3.89. The molecule has 2 N–H and O–H groups in total. The van der Waals surface area contributed by atoms with Gasteiger partial charge in [0.2, 0.25) is 11.8 Å². The van der Waals surface area contributed by atoms with Gasteiger partial charge in [-0.15, -0.1) is 0 Å². The maximum Gasteiger partial charge on any atom is 0.223 e. The molecule has 1 fully saturated rings. The third-order valence-corrected chi connectivity index (χ3v) is 3.95. The molecule has 2 amide bonds. The fraction of sp³-hybridized carbons (Fsp3) is 0.529. The molecule has 1 aromatic rings. The monoisotopic (exact) mass is 321 g/mol. The quantitative estimate of drug-likeness (QED) is 0.744. The van der Waals surface area contributed by atoms with Crippen LogP contribution in [0.2, 0.25) is 0 Å². The van der Waals surface area contributed by atoms with Gasteiger partial charge in [-0.3, -0.25) is 9.59 Å². The van der Waals surface area contributed by atoms with E-state index in [9.17, 15) is 14.0 Å². The highest BCUT2D eigenvalue weighted by molar-refractivity contribution is 5.92. The van der Waals surface area contributed by atoms with Crippen LogP contribution in [-0.2, 0) is 16.0 Å². The normalized spacial score (nSPS) is 19.5. The van der Waals surface area contributed by atoms with Crippen LogP contribution in [0.25, 0.3) is 0 Å². The second-order valence-electron chi connectivity index (χ2n) is 6.21. The van der Waals surface area contributed by atoms with Crippen LogP contribution in [-0.4, -0.2) is 50.4 Å². The van der Waals surface area contributed by atoms with E-state index in [4.69, 9.17) is 0 Å². The van der Waals surface area contributed by atoms with Crippen LogP contribution < -0.4 is 10.6 Å². The van der Waals surface area contributed by atoms with Crippen molar-refractivity contribution >= 4 is 11.8 Å². The number of likely N-dealkylation sites (N-methyl/N-ethyl adjacent to an activating group) is 1. The highest BCUT2D eigenvalue weighted by Gasteiger charge is 2.47. The molecule has 0 radical (unpaired) electrons. The zero-order chi connectivity index (χ0) is 16.8. The highest BCUT2D eigenvalue weighted by Crippen LogP contribution is 2.38. The fourth-order valence-corrected chi connectivity index (χ4v) is 2.42. The zero-order valence-corrected chi connectivity index (χ0v) is 13.6. The summed E-state index contributed by atoms with van der Waals surface area (Å²) in [6.45, 7) is 1.88. The molecule has 126 valence electrons. The topological polar surface area (TPSA) is 61.4 Å². The number of carbonyl (C=O) groups is 2. The van der Waals surface area contributed by atoms with E-state index < -0.39 is 0 Å². The second kappa shape index (κ2) is 8.06. The van der Waals surface area contributed by atoms with Crippen molar-refractivity contribution in [2.45, 2.75) is 12.8 Å². The van der Waals surface area contributed by atoms with Gasteiger partial charge in [-0.2, -0.15) is 0 Å². The van der Waals surface area contributed by atoms with E-state index in [2.05, 4.69) is 10.6 Å². The summed E-state index contributed by atoms with van der Waals surface area (Å²) < 4.78 is 12.8.